The van der Waals surface area contributed by atoms with Crippen LogP contribution in [-0.4, -0.2) is 42.4 Å². The van der Waals surface area contributed by atoms with Gasteiger partial charge in [-0.1, -0.05) is 15.9 Å². The second-order valence-corrected chi connectivity index (χ2v) is 4.11. The van der Waals surface area contributed by atoms with Gasteiger partial charge in [-0.25, -0.2) is 4.79 Å². The van der Waals surface area contributed by atoms with Crippen molar-refractivity contribution in [3.05, 3.63) is 0 Å². The molecular weight excluding hydrogens is 306 g/mol. The van der Waals surface area contributed by atoms with Gasteiger partial charge < -0.3 is 14.8 Å². The first-order chi connectivity index (χ1) is 8.54. The molecule has 0 spiro atoms. The number of hydrogen-bond acceptors (Lipinski definition) is 5. The van der Waals surface area contributed by atoms with Crippen LogP contribution in [0.2, 0.25) is 0 Å². The summed E-state index contributed by atoms with van der Waals surface area (Å²) < 4.78 is 9.52. The zero-order valence-electron chi connectivity index (χ0n) is 10.5. The Morgan fingerprint density at radius 2 is 1.78 bits per heavy atom. The normalized spacial score (nSPS) is 11.5. The minimum absolute atomic E-state index is 0.187. The minimum Gasteiger partial charge on any atom is -0.466 e. The first-order valence-corrected chi connectivity index (χ1v) is 6.84. The van der Waals surface area contributed by atoms with Crippen LogP contribution < -0.4 is 5.32 Å². The van der Waals surface area contributed by atoms with Crippen molar-refractivity contribution in [2.75, 3.05) is 18.5 Å². The summed E-state index contributed by atoms with van der Waals surface area (Å²) in [4.78, 5) is 34.3. The maximum Gasteiger partial charge on any atom is 0.329 e. The van der Waals surface area contributed by atoms with E-state index in [1.807, 2.05) is 0 Å². The van der Waals surface area contributed by atoms with Crippen LogP contribution in [0.1, 0.15) is 26.7 Å². The molecule has 0 aliphatic rings. The maximum atomic E-state index is 11.6. The van der Waals surface area contributed by atoms with Crippen LogP contribution in [0.15, 0.2) is 0 Å². The van der Waals surface area contributed by atoms with Crippen LogP contribution in [0.25, 0.3) is 0 Å². The molecular formula is C11H18BrNO5. The zero-order chi connectivity index (χ0) is 14.0. The first kappa shape index (κ1) is 16.9. The molecule has 0 aromatic heterocycles. The van der Waals surface area contributed by atoms with Crippen molar-refractivity contribution in [2.45, 2.75) is 32.7 Å². The van der Waals surface area contributed by atoms with Crippen LogP contribution in [0.4, 0.5) is 0 Å². The van der Waals surface area contributed by atoms with Crippen LogP contribution >= 0.6 is 15.9 Å². The van der Waals surface area contributed by atoms with Gasteiger partial charge in [0, 0.05) is 11.8 Å². The Balaban J connectivity index is 4.46. The fourth-order valence-corrected chi connectivity index (χ4v) is 1.54. The Morgan fingerprint density at radius 3 is 2.28 bits per heavy atom. The van der Waals surface area contributed by atoms with Gasteiger partial charge in [-0.2, -0.15) is 0 Å². The van der Waals surface area contributed by atoms with E-state index in [1.165, 1.54) is 0 Å². The highest BCUT2D eigenvalue weighted by Crippen LogP contribution is 2.00. The van der Waals surface area contributed by atoms with Gasteiger partial charge in [0.25, 0.3) is 0 Å². The number of ether oxygens (including phenoxy) is 2. The van der Waals surface area contributed by atoms with Crippen LogP contribution in [0, 0.1) is 0 Å². The fourth-order valence-electron chi connectivity index (χ4n) is 1.18. The molecule has 0 saturated heterocycles. The molecule has 1 amide bonds. The third-order valence-electron chi connectivity index (χ3n) is 1.90. The molecule has 1 atom stereocenters. The van der Waals surface area contributed by atoms with E-state index < -0.39 is 18.0 Å². The quantitative estimate of drug-likeness (QED) is 0.527. The van der Waals surface area contributed by atoms with E-state index in [0.29, 0.717) is 5.33 Å². The maximum absolute atomic E-state index is 11.6. The van der Waals surface area contributed by atoms with Gasteiger partial charge in [0.05, 0.1) is 19.6 Å². The van der Waals surface area contributed by atoms with E-state index in [-0.39, 0.29) is 32.0 Å². The smallest absolute Gasteiger partial charge is 0.329 e. The summed E-state index contributed by atoms with van der Waals surface area (Å²) in [5, 5.41) is 2.93. The number of halogens is 1. The summed E-state index contributed by atoms with van der Waals surface area (Å²) in [6.07, 6.45) is -0.000566. The van der Waals surface area contributed by atoms with Gasteiger partial charge >= 0.3 is 11.9 Å². The Bertz CT molecular complexity index is 275. The van der Waals surface area contributed by atoms with E-state index in [1.54, 1.807) is 13.8 Å². The molecule has 0 aliphatic carbocycles. The molecule has 0 rings (SSSR count). The monoisotopic (exact) mass is 323 g/mol. The Hall–Kier alpha value is -1.11. The Labute approximate surface area is 115 Å². The predicted molar refractivity (Wildman–Crippen MR) is 68.2 cm³/mol. The average molecular weight is 324 g/mol. The van der Waals surface area contributed by atoms with E-state index in [0.717, 1.165) is 0 Å². The summed E-state index contributed by atoms with van der Waals surface area (Å²) in [6, 6.07) is -0.990. The van der Waals surface area contributed by atoms with Crippen molar-refractivity contribution in [2.24, 2.45) is 0 Å². The number of hydrogen-bond donors (Lipinski definition) is 1. The van der Waals surface area contributed by atoms with Gasteiger partial charge in [0.2, 0.25) is 5.91 Å². The second-order valence-electron chi connectivity index (χ2n) is 3.32. The summed E-state index contributed by atoms with van der Waals surface area (Å²) in [6.45, 7) is 3.73. The molecule has 0 saturated carbocycles. The van der Waals surface area contributed by atoms with Gasteiger partial charge in [0.1, 0.15) is 6.04 Å². The van der Waals surface area contributed by atoms with Gasteiger partial charge in [-0.05, 0) is 13.8 Å². The molecule has 1 unspecified atom stereocenters. The van der Waals surface area contributed by atoms with E-state index in [4.69, 9.17) is 9.47 Å². The molecule has 104 valence electrons. The first-order valence-electron chi connectivity index (χ1n) is 5.72. The number of alkyl halides is 1. The van der Waals surface area contributed by atoms with Gasteiger partial charge in [-0.3, -0.25) is 9.59 Å². The molecule has 6 nitrogen and oxygen atoms in total. The van der Waals surface area contributed by atoms with E-state index >= 15 is 0 Å². The molecule has 1 N–H and O–H groups in total. The zero-order valence-corrected chi connectivity index (χ0v) is 12.1. The van der Waals surface area contributed by atoms with Crippen molar-refractivity contribution >= 4 is 33.8 Å². The number of rotatable bonds is 8. The lowest BCUT2D eigenvalue weighted by molar-refractivity contribution is -0.153. The number of esters is 2. The Morgan fingerprint density at radius 1 is 1.17 bits per heavy atom. The van der Waals surface area contributed by atoms with Gasteiger partial charge in [0.15, 0.2) is 0 Å². The summed E-state index contributed by atoms with van der Waals surface area (Å²) in [5.41, 5.74) is 0. The molecule has 0 aromatic rings. The van der Waals surface area contributed by atoms with E-state index in [9.17, 15) is 14.4 Å². The average Bonchev–Trinajstić information content (AvgIpc) is 2.29. The summed E-state index contributed by atoms with van der Waals surface area (Å²) in [5.74, 6) is -1.50. The number of carbonyl (C=O) groups is 3. The largest absolute Gasteiger partial charge is 0.466 e. The number of carbonyl (C=O) groups excluding carboxylic acids is 3. The minimum atomic E-state index is -0.990. The third-order valence-corrected chi connectivity index (χ3v) is 2.30. The van der Waals surface area contributed by atoms with Crippen LogP contribution in [-0.2, 0) is 23.9 Å². The molecule has 0 heterocycles. The number of nitrogens with one attached hydrogen (secondary N) is 1. The highest BCUT2D eigenvalue weighted by Gasteiger charge is 2.25. The third kappa shape index (κ3) is 7.26. The number of amides is 1. The molecule has 0 aliphatic heterocycles. The Kier molecular flexibility index (Phi) is 9.26. The lowest BCUT2D eigenvalue weighted by Gasteiger charge is -2.16. The topological polar surface area (TPSA) is 81.7 Å². The van der Waals surface area contributed by atoms with Crippen LogP contribution in [0.5, 0.6) is 0 Å². The fraction of sp³-hybridized carbons (Fsp3) is 0.727. The summed E-state index contributed by atoms with van der Waals surface area (Å²) >= 11 is 3.11. The highest BCUT2D eigenvalue weighted by molar-refractivity contribution is 9.09. The lowest BCUT2D eigenvalue weighted by atomic mass is 10.2. The molecule has 0 bridgehead atoms. The molecule has 7 heteroatoms. The van der Waals surface area contributed by atoms with E-state index in [2.05, 4.69) is 21.2 Å². The lowest BCUT2D eigenvalue weighted by Crippen LogP contribution is -2.43. The standard InChI is InChI=1S/C11H18BrNO5/c1-3-17-10(15)7-8(11(16)18-4-2)13-9(14)5-6-12/h8H,3-7H2,1-2H3,(H,13,14). The SMILES string of the molecule is CCOC(=O)CC(NC(=O)CCBr)C(=O)OCC. The van der Waals surface area contributed by atoms with Gasteiger partial charge in [-0.15, -0.1) is 0 Å². The molecule has 0 radical (unpaired) electrons. The van der Waals surface area contributed by atoms with Crippen molar-refractivity contribution in [3.63, 3.8) is 0 Å². The molecule has 0 aromatic carbocycles. The van der Waals surface area contributed by atoms with Crippen LogP contribution in [0.3, 0.4) is 0 Å². The van der Waals surface area contributed by atoms with Crippen molar-refractivity contribution in [1.29, 1.82) is 0 Å². The van der Waals surface area contributed by atoms with Crippen molar-refractivity contribution in [3.8, 4) is 0 Å². The highest BCUT2D eigenvalue weighted by atomic mass is 79.9. The molecule has 18 heavy (non-hydrogen) atoms. The van der Waals surface area contributed by atoms with Crippen molar-refractivity contribution in [1.82, 2.24) is 5.32 Å². The summed E-state index contributed by atoms with van der Waals surface area (Å²) in [7, 11) is 0. The molecule has 0 fully saturated rings. The van der Waals surface area contributed by atoms with Crippen molar-refractivity contribution < 1.29 is 23.9 Å². The predicted octanol–water partition coefficient (Wildman–Crippen LogP) is 0.772. The second kappa shape index (κ2) is 9.87.